The molecule has 1 amide bonds. The number of H-pyrrole nitrogens is 1. The largest absolute Gasteiger partial charge is 0.342 e. The van der Waals surface area contributed by atoms with Gasteiger partial charge in [0.15, 0.2) is 0 Å². The number of nitrogens with zero attached hydrogens (tertiary/aromatic N) is 3. The molecule has 0 radical (unpaired) electrons. The van der Waals surface area contributed by atoms with Crippen LogP contribution in [0.4, 0.5) is 0 Å². The lowest BCUT2D eigenvalue weighted by atomic mass is 10.1. The molecule has 0 aliphatic heterocycles. The molecule has 0 fully saturated rings. The number of benzene rings is 2. The van der Waals surface area contributed by atoms with Crippen molar-refractivity contribution in [1.29, 1.82) is 0 Å². The smallest absolute Gasteiger partial charge is 0.255 e. The van der Waals surface area contributed by atoms with Crippen molar-refractivity contribution in [2.75, 3.05) is 13.6 Å². The molecular weight excluding hydrogens is 348 g/mol. The summed E-state index contributed by atoms with van der Waals surface area (Å²) in [6.45, 7) is 4.61. The van der Waals surface area contributed by atoms with Crippen LogP contribution in [-0.2, 0) is 6.42 Å². The summed E-state index contributed by atoms with van der Waals surface area (Å²) >= 11 is 0. The van der Waals surface area contributed by atoms with Crippen molar-refractivity contribution in [1.82, 2.24) is 19.9 Å². The molecule has 28 heavy (non-hydrogen) atoms. The van der Waals surface area contributed by atoms with Gasteiger partial charge in [-0.25, -0.2) is 4.98 Å². The van der Waals surface area contributed by atoms with Crippen molar-refractivity contribution >= 4 is 27.8 Å². The van der Waals surface area contributed by atoms with Gasteiger partial charge in [0.05, 0.1) is 27.8 Å². The topological polar surface area (TPSA) is 61.9 Å². The van der Waals surface area contributed by atoms with Gasteiger partial charge in [-0.1, -0.05) is 23.8 Å². The van der Waals surface area contributed by atoms with Gasteiger partial charge in [0, 0.05) is 25.4 Å². The Bertz CT molecular complexity index is 1130. The van der Waals surface area contributed by atoms with Crippen LogP contribution in [-0.4, -0.2) is 39.4 Å². The third-order valence-electron chi connectivity index (χ3n) is 5.08. The molecule has 0 saturated heterocycles. The molecule has 0 bridgehead atoms. The van der Waals surface area contributed by atoms with E-state index >= 15 is 0 Å². The van der Waals surface area contributed by atoms with E-state index in [0.29, 0.717) is 12.1 Å². The van der Waals surface area contributed by atoms with Gasteiger partial charge in [-0.2, -0.15) is 0 Å². The number of carbonyl (C=O) groups is 1. The number of carbonyl (C=O) groups excluding carboxylic acids is 1. The molecule has 2 aromatic heterocycles. The summed E-state index contributed by atoms with van der Waals surface area (Å²) in [7, 11) is 1.85. The maximum absolute atomic E-state index is 12.9. The molecule has 0 aliphatic carbocycles. The average Bonchev–Trinajstić information content (AvgIpc) is 3.10. The van der Waals surface area contributed by atoms with Crippen molar-refractivity contribution in [3.8, 4) is 0 Å². The molecule has 0 saturated carbocycles. The summed E-state index contributed by atoms with van der Waals surface area (Å²) in [5, 5.41) is 1.00. The van der Waals surface area contributed by atoms with Crippen LogP contribution < -0.4 is 0 Å². The highest BCUT2D eigenvalue weighted by molar-refractivity contribution is 5.98. The van der Waals surface area contributed by atoms with Crippen LogP contribution in [0.2, 0.25) is 0 Å². The molecule has 4 rings (SSSR count). The van der Waals surface area contributed by atoms with E-state index in [2.05, 4.69) is 21.0 Å². The van der Waals surface area contributed by atoms with E-state index in [9.17, 15) is 4.79 Å². The molecule has 0 spiro atoms. The van der Waals surface area contributed by atoms with E-state index in [0.717, 1.165) is 51.9 Å². The Balaban J connectivity index is 1.44. The number of imidazole rings is 1. The molecule has 1 N–H and O–H groups in total. The highest BCUT2D eigenvalue weighted by Gasteiger charge is 2.16. The van der Waals surface area contributed by atoms with Crippen molar-refractivity contribution in [3.63, 3.8) is 0 Å². The first-order chi connectivity index (χ1) is 13.5. The molecule has 4 aromatic rings. The quantitative estimate of drug-likeness (QED) is 0.564. The molecule has 0 aliphatic rings. The molecule has 2 aromatic carbocycles. The summed E-state index contributed by atoms with van der Waals surface area (Å²) < 4.78 is 0. The van der Waals surface area contributed by atoms with Gasteiger partial charge in [0.1, 0.15) is 5.82 Å². The first kappa shape index (κ1) is 18.2. The van der Waals surface area contributed by atoms with Crippen LogP contribution in [0.1, 0.15) is 33.9 Å². The molecular formula is C23H24N4O. The zero-order valence-electron chi connectivity index (χ0n) is 16.5. The van der Waals surface area contributed by atoms with Gasteiger partial charge in [-0.15, -0.1) is 0 Å². The Morgan fingerprint density at radius 1 is 1.04 bits per heavy atom. The van der Waals surface area contributed by atoms with Gasteiger partial charge >= 0.3 is 0 Å². The second kappa shape index (κ2) is 7.43. The Morgan fingerprint density at radius 3 is 2.68 bits per heavy atom. The molecule has 0 unspecified atom stereocenters. The Morgan fingerprint density at radius 2 is 1.86 bits per heavy atom. The zero-order valence-corrected chi connectivity index (χ0v) is 16.5. The highest BCUT2D eigenvalue weighted by atomic mass is 16.2. The zero-order chi connectivity index (χ0) is 19.7. The number of amides is 1. The van der Waals surface area contributed by atoms with Crippen LogP contribution in [0.3, 0.4) is 0 Å². The second-order valence-electron chi connectivity index (χ2n) is 7.35. The number of nitrogens with one attached hydrogen (secondary N) is 1. The van der Waals surface area contributed by atoms with Gasteiger partial charge in [-0.3, -0.25) is 9.78 Å². The van der Waals surface area contributed by atoms with Gasteiger partial charge in [0.2, 0.25) is 0 Å². The summed E-state index contributed by atoms with van der Waals surface area (Å²) in [6.07, 6.45) is 1.65. The minimum Gasteiger partial charge on any atom is -0.342 e. The third-order valence-corrected chi connectivity index (χ3v) is 5.08. The van der Waals surface area contributed by atoms with Crippen molar-refractivity contribution in [2.45, 2.75) is 26.7 Å². The maximum Gasteiger partial charge on any atom is 0.255 e. The van der Waals surface area contributed by atoms with Crippen molar-refractivity contribution in [2.24, 2.45) is 0 Å². The minimum absolute atomic E-state index is 0.0120. The summed E-state index contributed by atoms with van der Waals surface area (Å²) in [5.41, 5.74) is 5.56. The number of rotatable bonds is 5. The van der Waals surface area contributed by atoms with Crippen LogP contribution in [0, 0.1) is 13.8 Å². The Hall–Kier alpha value is -3.21. The molecule has 5 nitrogen and oxygen atoms in total. The average molecular weight is 372 g/mol. The van der Waals surface area contributed by atoms with Crippen LogP contribution in [0.15, 0.2) is 48.5 Å². The number of hydrogen-bond acceptors (Lipinski definition) is 3. The van der Waals surface area contributed by atoms with Gasteiger partial charge in [-0.05, 0) is 50.6 Å². The predicted molar refractivity (Wildman–Crippen MR) is 113 cm³/mol. The van der Waals surface area contributed by atoms with E-state index in [1.54, 1.807) is 4.90 Å². The molecule has 2 heterocycles. The van der Waals surface area contributed by atoms with Crippen LogP contribution in [0.5, 0.6) is 0 Å². The second-order valence-corrected chi connectivity index (χ2v) is 7.35. The van der Waals surface area contributed by atoms with Crippen LogP contribution >= 0.6 is 0 Å². The lowest BCUT2D eigenvalue weighted by Gasteiger charge is -2.18. The van der Waals surface area contributed by atoms with Crippen molar-refractivity contribution < 1.29 is 4.79 Å². The summed E-state index contributed by atoms with van der Waals surface area (Å²) in [4.78, 5) is 27.3. The molecule has 0 atom stereocenters. The number of para-hydroxylation sites is 2. The standard InChI is InChI=1S/C23H24N4O/c1-15-10-11-19-17(13-15)14-18(16(2)24-19)23(28)27(3)12-6-9-22-25-20-7-4-5-8-21(20)26-22/h4-5,7-8,10-11,13-14H,6,9,12H2,1-3H3,(H,25,26). The fourth-order valence-corrected chi connectivity index (χ4v) is 3.52. The van der Waals surface area contributed by atoms with Gasteiger partial charge in [0.25, 0.3) is 5.91 Å². The normalized spacial score (nSPS) is 11.2. The Kier molecular flexibility index (Phi) is 4.82. The highest BCUT2D eigenvalue weighted by Crippen LogP contribution is 2.19. The fourth-order valence-electron chi connectivity index (χ4n) is 3.52. The predicted octanol–water partition coefficient (Wildman–Crippen LogP) is 4.43. The van der Waals surface area contributed by atoms with E-state index in [1.807, 2.05) is 63.4 Å². The van der Waals surface area contributed by atoms with E-state index in [4.69, 9.17) is 0 Å². The SMILES string of the molecule is Cc1ccc2nc(C)c(C(=O)N(C)CCCc3nc4ccccc4[nH]3)cc2c1. The molecule has 5 heteroatoms. The number of hydrogen-bond donors (Lipinski definition) is 1. The number of pyridine rings is 1. The monoisotopic (exact) mass is 372 g/mol. The van der Waals surface area contributed by atoms with E-state index in [-0.39, 0.29) is 5.91 Å². The first-order valence-electron chi connectivity index (χ1n) is 9.58. The Labute approximate surface area is 164 Å². The summed E-state index contributed by atoms with van der Waals surface area (Å²) in [6, 6.07) is 16.1. The lowest BCUT2D eigenvalue weighted by molar-refractivity contribution is 0.0792. The summed E-state index contributed by atoms with van der Waals surface area (Å²) in [5.74, 6) is 0.971. The number of aromatic amines is 1. The minimum atomic E-state index is 0.0120. The fraction of sp³-hybridized carbons (Fsp3) is 0.261. The molecule has 142 valence electrons. The van der Waals surface area contributed by atoms with E-state index in [1.165, 1.54) is 0 Å². The maximum atomic E-state index is 12.9. The number of fused-ring (bicyclic) bond motifs is 2. The number of aryl methyl sites for hydroxylation is 3. The number of aromatic nitrogens is 3. The van der Waals surface area contributed by atoms with Crippen LogP contribution in [0.25, 0.3) is 21.9 Å². The lowest BCUT2D eigenvalue weighted by Crippen LogP contribution is -2.29. The van der Waals surface area contributed by atoms with Gasteiger partial charge < -0.3 is 9.88 Å². The first-order valence-corrected chi connectivity index (χ1v) is 9.58. The van der Waals surface area contributed by atoms with Crippen molar-refractivity contribution in [3.05, 3.63) is 71.2 Å². The van der Waals surface area contributed by atoms with E-state index < -0.39 is 0 Å². The third kappa shape index (κ3) is 3.60.